The van der Waals surface area contributed by atoms with Gasteiger partial charge in [0, 0.05) is 13.1 Å². The first-order chi connectivity index (χ1) is 8.09. The summed E-state index contributed by atoms with van der Waals surface area (Å²) < 4.78 is 13.6. The van der Waals surface area contributed by atoms with Gasteiger partial charge in [0.1, 0.15) is 5.82 Å². The molecule has 0 bridgehead atoms. The van der Waals surface area contributed by atoms with Crippen LogP contribution in [0.15, 0.2) is 18.2 Å². The first-order valence-electron chi connectivity index (χ1n) is 5.82. The third-order valence-electron chi connectivity index (χ3n) is 3.15. The van der Waals surface area contributed by atoms with Crippen molar-refractivity contribution in [3.63, 3.8) is 0 Å². The molecular formula is C13H16FNO2. The van der Waals surface area contributed by atoms with Crippen molar-refractivity contribution >= 4 is 11.5 Å². The van der Waals surface area contributed by atoms with Crippen LogP contribution in [0.2, 0.25) is 0 Å². The molecule has 92 valence electrons. The molecule has 0 atom stereocenters. The molecule has 0 spiro atoms. The monoisotopic (exact) mass is 237 g/mol. The summed E-state index contributed by atoms with van der Waals surface area (Å²) >= 11 is 0. The summed E-state index contributed by atoms with van der Waals surface area (Å²) in [6.07, 6.45) is 1.04. The maximum atomic E-state index is 13.6. The second-order valence-electron chi connectivity index (χ2n) is 4.41. The highest BCUT2D eigenvalue weighted by Crippen LogP contribution is 2.26. The molecule has 1 aliphatic rings. The Morgan fingerprint density at radius 2 is 2.06 bits per heavy atom. The number of hydrogen-bond donors (Lipinski definition) is 1. The van der Waals surface area contributed by atoms with Gasteiger partial charge < -0.3 is 10.0 Å². The first-order valence-corrected chi connectivity index (χ1v) is 5.82. The Balaban J connectivity index is 2.32. The van der Waals surface area contributed by atoms with Gasteiger partial charge in [-0.15, -0.1) is 0 Å². The zero-order chi connectivity index (χ0) is 12.4. The van der Waals surface area contributed by atoms with Crippen molar-refractivity contribution in [2.75, 3.05) is 18.0 Å². The van der Waals surface area contributed by atoms with Gasteiger partial charge in [0.05, 0.1) is 17.4 Å². The normalized spacial score (nSPS) is 17.2. The molecular weight excluding hydrogens is 221 g/mol. The minimum atomic E-state index is -0.471. The Hall–Kier alpha value is -1.42. The van der Waals surface area contributed by atoms with Crippen LogP contribution in [0.3, 0.4) is 0 Å². The van der Waals surface area contributed by atoms with Crippen molar-refractivity contribution in [3.8, 4) is 0 Å². The molecule has 0 unspecified atom stereocenters. The quantitative estimate of drug-likeness (QED) is 0.800. The number of anilines is 1. The number of piperidine rings is 1. The average molecular weight is 237 g/mol. The molecule has 0 aromatic heterocycles. The molecule has 0 amide bonds. The molecule has 3 nitrogen and oxygen atoms in total. The van der Waals surface area contributed by atoms with Gasteiger partial charge in [-0.05, 0) is 31.9 Å². The summed E-state index contributed by atoms with van der Waals surface area (Å²) in [5.74, 6) is -0.731. The smallest absolute Gasteiger partial charge is 0.164 e. The SMILES string of the molecule is CC(=O)c1c(F)cccc1N1CCC(O)CC1. The number of Topliss-reactive ketones (excluding diaryl/α,β-unsaturated/α-hetero) is 1. The molecule has 0 aliphatic carbocycles. The second-order valence-corrected chi connectivity index (χ2v) is 4.41. The minimum Gasteiger partial charge on any atom is -0.393 e. The number of halogens is 1. The summed E-state index contributed by atoms with van der Waals surface area (Å²) in [6.45, 7) is 2.69. The van der Waals surface area contributed by atoms with Crippen LogP contribution in [0, 0.1) is 5.82 Å². The zero-order valence-electron chi connectivity index (χ0n) is 9.82. The van der Waals surface area contributed by atoms with E-state index in [4.69, 9.17) is 0 Å². The number of aliphatic hydroxyl groups excluding tert-OH is 1. The number of hydrogen-bond acceptors (Lipinski definition) is 3. The maximum Gasteiger partial charge on any atom is 0.164 e. The van der Waals surface area contributed by atoms with E-state index in [-0.39, 0.29) is 17.5 Å². The summed E-state index contributed by atoms with van der Waals surface area (Å²) in [4.78, 5) is 13.4. The second kappa shape index (κ2) is 4.84. The Labute approximate surface area is 99.9 Å². The zero-order valence-corrected chi connectivity index (χ0v) is 9.82. The van der Waals surface area contributed by atoms with Gasteiger partial charge in [-0.2, -0.15) is 0 Å². The molecule has 1 aromatic carbocycles. The molecule has 1 fully saturated rings. The molecule has 1 aromatic rings. The number of ketones is 1. The number of rotatable bonds is 2. The van der Waals surface area contributed by atoms with E-state index in [2.05, 4.69) is 0 Å². The van der Waals surface area contributed by atoms with E-state index in [1.54, 1.807) is 12.1 Å². The largest absolute Gasteiger partial charge is 0.393 e. The lowest BCUT2D eigenvalue weighted by Crippen LogP contribution is -2.36. The molecule has 0 radical (unpaired) electrons. The molecule has 1 N–H and O–H groups in total. The van der Waals surface area contributed by atoms with Crippen LogP contribution < -0.4 is 4.90 Å². The summed E-state index contributed by atoms with van der Waals surface area (Å²) in [5.41, 5.74) is 0.799. The lowest BCUT2D eigenvalue weighted by atomic mass is 10.0. The Morgan fingerprint density at radius 1 is 1.41 bits per heavy atom. The number of benzene rings is 1. The predicted octanol–water partition coefficient (Wildman–Crippen LogP) is 1.99. The number of nitrogens with zero attached hydrogens (tertiary/aromatic N) is 1. The third kappa shape index (κ3) is 2.47. The van der Waals surface area contributed by atoms with Crippen LogP contribution in [0.4, 0.5) is 10.1 Å². The van der Waals surface area contributed by atoms with E-state index in [0.717, 1.165) is 0 Å². The summed E-state index contributed by atoms with van der Waals surface area (Å²) in [6, 6.07) is 4.68. The van der Waals surface area contributed by atoms with Crippen molar-refractivity contribution in [1.29, 1.82) is 0 Å². The van der Waals surface area contributed by atoms with Crippen LogP contribution >= 0.6 is 0 Å². The molecule has 2 rings (SSSR count). The van der Waals surface area contributed by atoms with Crippen LogP contribution in [-0.2, 0) is 0 Å². The molecule has 4 heteroatoms. The van der Waals surface area contributed by atoms with Crippen molar-refractivity contribution < 1.29 is 14.3 Å². The number of carbonyl (C=O) groups excluding carboxylic acids is 1. The lowest BCUT2D eigenvalue weighted by Gasteiger charge is -2.32. The number of aliphatic hydroxyl groups is 1. The van der Waals surface area contributed by atoms with E-state index in [9.17, 15) is 14.3 Å². The van der Waals surface area contributed by atoms with Gasteiger partial charge >= 0.3 is 0 Å². The highest BCUT2D eigenvalue weighted by molar-refractivity contribution is 6.00. The van der Waals surface area contributed by atoms with Gasteiger partial charge in [0.15, 0.2) is 5.78 Å². The van der Waals surface area contributed by atoms with E-state index in [1.165, 1.54) is 13.0 Å². The van der Waals surface area contributed by atoms with Crippen LogP contribution in [0.1, 0.15) is 30.1 Å². The predicted molar refractivity (Wildman–Crippen MR) is 63.9 cm³/mol. The van der Waals surface area contributed by atoms with Crippen molar-refractivity contribution in [3.05, 3.63) is 29.6 Å². The highest BCUT2D eigenvalue weighted by atomic mass is 19.1. The Bertz CT molecular complexity index is 425. The molecule has 1 heterocycles. The van der Waals surface area contributed by atoms with Gasteiger partial charge in [0.2, 0.25) is 0 Å². The van der Waals surface area contributed by atoms with Gasteiger partial charge in [-0.1, -0.05) is 6.07 Å². The van der Waals surface area contributed by atoms with Gasteiger partial charge in [-0.3, -0.25) is 4.79 Å². The molecule has 1 aliphatic heterocycles. The molecule has 0 saturated carbocycles. The standard InChI is InChI=1S/C13H16FNO2/c1-9(16)13-11(14)3-2-4-12(13)15-7-5-10(17)6-8-15/h2-4,10,17H,5-8H2,1H3. The van der Waals surface area contributed by atoms with Crippen molar-refractivity contribution in [1.82, 2.24) is 0 Å². The van der Waals surface area contributed by atoms with Crippen LogP contribution in [-0.4, -0.2) is 30.1 Å². The van der Waals surface area contributed by atoms with E-state index < -0.39 is 5.82 Å². The summed E-state index contributed by atoms with van der Waals surface area (Å²) in [7, 11) is 0. The highest BCUT2D eigenvalue weighted by Gasteiger charge is 2.22. The van der Waals surface area contributed by atoms with Crippen molar-refractivity contribution in [2.45, 2.75) is 25.9 Å². The maximum absolute atomic E-state index is 13.6. The number of carbonyl (C=O) groups is 1. The fraction of sp³-hybridized carbons (Fsp3) is 0.462. The first kappa shape index (κ1) is 12.0. The summed E-state index contributed by atoms with van der Waals surface area (Å²) in [5, 5.41) is 9.44. The fourth-order valence-electron chi connectivity index (χ4n) is 2.23. The van der Waals surface area contributed by atoms with E-state index in [0.29, 0.717) is 31.6 Å². The van der Waals surface area contributed by atoms with E-state index in [1.807, 2.05) is 4.90 Å². The minimum absolute atomic E-state index is 0.156. The topological polar surface area (TPSA) is 40.5 Å². The average Bonchev–Trinajstić information content (AvgIpc) is 2.29. The Kier molecular flexibility index (Phi) is 3.43. The van der Waals surface area contributed by atoms with Crippen LogP contribution in [0.5, 0.6) is 0 Å². The van der Waals surface area contributed by atoms with Gasteiger partial charge in [0.25, 0.3) is 0 Å². The van der Waals surface area contributed by atoms with Crippen LogP contribution in [0.25, 0.3) is 0 Å². The fourth-order valence-corrected chi connectivity index (χ4v) is 2.23. The van der Waals surface area contributed by atoms with Crippen molar-refractivity contribution in [2.24, 2.45) is 0 Å². The molecule has 17 heavy (non-hydrogen) atoms. The van der Waals surface area contributed by atoms with Gasteiger partial charge in [-0.25, -0.2) is 4.39 Å². The third-order valence-corrected chi connectivity index (χ3v) is 3.15. The lowest BCUT2D eigenvalue weighted by molar-refractivity contribution is 0.101. The molecule has 1 saturated heterocycles. The van der Waals surface area contributed by atoms with E-state index >= 15 is 0 Å². The Morgan fingerprint density at radius 3 is 2.65 bits per heavy atom.